The van der Waals surface area contributed by atoms with Crippen LogP contribution >= 0.6 is 0 Å². The van der Waals surface area contributed by atoms with E-state index in [0.717, 1.165) is 18.2 Å². The molecule has 0 bridgehead atoms. The van der Waals surface area contributed by atoms with Crippen LogP contribution in [0.4, 0.5) is 5.69 Å². The molecule has 0 heterocycles. The van der Waals surface area contributed by atoms with E-state index in [2.05, 4.69) is 5.32 Å². The van der Waals surface area contributed by atoms with E-state index in [9.17, 15) is 4.79 Å². The highest BCUT2D eigenvalue weighted by Gasteiger charge is 2.19. The standard InChI is InChI=1S/C15H22N2O/c1-17(12-13-7-5-6-8-13)15(18)11-16-14-9-3-2-4-10-14/h2-4,9-10,13,16H,5-8,11-12H2,1H3. The lowest BCUT2D eigenvalue weighted by molar-refractivity contribution is -0.128. The van der Waals surface area contributed by atoms with E-state index < -0.39 is 0 Å². The molecule has 1 aromatic rings. The van der Waals surface area contributed by atoms with Gasteiger partial charge in [0.15, 0.2) is 0 Å². The summed E-state index contributed by atoms with van der Waals surface area (Å²) in [5, 5.41) is 3.16. The van der Waals surface area contributed by atoms with E-state index in [4.69, 9.17) is 0 Å². The Balaban J connectivity index is 1.73. The molecule has 1 saturated carbocycles. The number of likely N-dealkylation sites (N-methyl/N-ethyl adjacent to an activating group) is 1. The number of rotatable bonds is 5. The van der Waals surface area contributed by atoms with Crippen LogP contribution in [0.5, 0.6) is 0 Å². The molecule has 0 spiro atoms. The Morgan fingerprint density at radius 1 is 1.28 bits per heavy atom. The molecule has 18 heavy (non-hydrogen) atoms. The SMILES string of the molecule is CN(CC1CCCC1)C(=O)CNc1ccccc1. The van der Waals surface area contributed by atoms with E-state index >= 15 is 0 Å². The van der Waals surface area contributed by atoms with Gasteiger partial charge in [-0.15, -0.1) is 0 Å². The predicted molar refractivity (Wildman–Crippen MR) is 74.5 cm³/mol. The summed E-state index contributed by atoms with van der Waals surface area (Å²) in [7, 11) is 1.91. The third-order valence-corrected chi connectivity index (χ3v) is 3.65. The largest absolute Gasteiger partial charge is 0.376 e. The summed E-state index contributed by atoms with van der Waals surface area (Å²) >= 11 is 0. The van der Waals surface area contributed by atoms with Crippen LogP contribution in [0.3, 0.4) is 0 Å². The number of para-hydroxylation sites is 1. The molecule has 0 saturated heterocycles. The molecule has 1 fully saturated rings. The van der Waals surface area contributed by atoms with Crippen molar-refractivity contribution < 1.29 is 4.79 Å². The van der Waals surface area contributed by atoms with Crippen LogP contribution in [0, 0.1) is 5.92 Å². The molecule has 1 amide bonds. The van der Waals surface area contributed by atoms with Gasteiger partial charge in [0.25, 0.3) is 0 Å². The third kappa shape index (κ3) is 3.76. The third-order valence-electron chi connectivity index (χ3n) is 3.65. The zero-order valence-corrected chi connectivity index (χ0v) is 11.1. The zero-order valence-electron chi connectivity index (χ0n) is 11.1. The van der Waals surface area contributed by atoms with Crippen LogP contribution in [0.15, 0.2) is 30.3 Å². The van der Waals surface area contributed by atoms with Gasteiger partial charge in [-0.2, -0.15) is 0 Å². The van der Waals surface area contributed by atoms with Gasteiger partial charge < -0.3 is 10.2 Å². The summed E-state index contributed by atoms with van der Waals surface area (Å²) in [5.41, 5.74) is 1.00. The first-order chi connectivity index (χ1) is 8.75. The summed E-state index contributed by atoms with van der Waals surface area (Å²) in [4.78, 5) is 13.8. The van der Waals surface area contributed by atoms with Gasteiger partial charge in [-0.25, -0.2) is 0 Å². The Kier molecular flexibility index (Phi) is 4.62. The topological polar surface area (TPSA) is 32.3 Å². The van der Waals surface area contributed by atoms with Crippen LogP contribution in [0.1, 0.15) is 25.7 Å². The second kappa shape index (κ2) is 6.43. The summed E-state index contributed by atoms with van der Waals surface area (Å²) < 4.78 is 0. The normalized spacial score (nSPS) is 15.6. The fourth-order valence-electron chi connectivity index (χ4n) is 2.55. The lowest BCUT2D eigenvalue weighted by Crippen LogP contribution is -2.35. The van der Waals surface area contributed by atoms with Crippen molar-refractivity contribution in [1.82, 2.24) is 4.90 Å². The highest BCUT2D eigenvalue weighted by molar-refractivity contribution is 5.80. The molecule has 1 N–H and O–H groups in total. The Morgan fingerprint density at radius 2 is 1.94 bits per heavy atom. The molecule has 0 unspecified atom stereocenters. The first-order valence-corrected chi connectivity index (χ1v) is 6.78. The molecule has 1 aromatic carbocycles. The molecule has 3 heteroatoms. The quantitative estimate of drug-likeness (QED) is 0.866. The van der Waals surface area contributed by atoms with Gasteiger partial charge in [0.1, 0.15) is 0 Å². The first-order valence-electron chi connectivity index (χ1n) is 6.78. The molecule has 0 radical (unpaired) electrons. The lowest BCUT2D eigenvalue weighted by atomic mass is 10.1. The van der Waals surface area contributed by atoms with Gasteiger partial charge in [-0.05, 0) is 30.9 Å². The van der Waals surface area contributed by atoms with Crippen molar-refractivity contribution in [3.05, 3.63) is 30.3 Å². The zero-order chi connectivity index (χ0) is 12.8. The smallest absolute Gasteiger partial charge is 0.241 e. The number of benzene rings is 1. The first kappa shape index (κ1) is 12.9. The monoisotopic (exact) mass is 246 g/mol. The minimum Gasteiger partial charge on any atom is -0.376 e. The van der Waals surface area contributed by atoms with Crippen molar-refractivity contribution in [1.29, 1.82) is 0 Å². The highest BCUT2D eigenvalue weighted by Crippen LogP contribution is 2.25. The van der Waals surface area contributed by atoms with E-state index in [-0.39, 0.29) is 5.91 Å². The fourth-order valence-corrected chi connectivity index (χ4v) is 2.55. The Labute approximate surface area is 109 Å². The van der Waals surface area contributed by atoms with Crippen molar-refractivity contribution in [2.75, 3.05) is 25.5 Å². The minimum absolute atomic E-state index is 0.172. The predicted octanol–water partition coefficient (Wildman–Crippen LogP) is 2.75. The number of amides is 1. The van der Waals surface area contributed by atoms with Crippen molar-refractivity contribution in [3.63, 3.8) is 0 Å². The molecule has 0 atom stereocenters. The van der Waals surface area contributed by atoms with Crippen LogP contribution in [0.25, 0.3) is 0 Å². The summed E-state index contributed by atoms with van der Waals surface area (Å²) in [6.45, 7) is 1.29. The molecule has 0 aromatic heterocycles. The van der Waals surface area contributed by atoms with Crippen LogP contribution < -0.4 is 5.32 Å². The maximum absolute atomic E-state index is 12.0. The number of nitrogens with one attached hydrogen (secondary N) is 1. The summed E-state index contributed by atoms with van der Waals surface area (Å²) in [5.74, 6) is 0.890. The Bertz CT molecular complexity index is 371. The van der Waals surface area contributed by atoms with Crippen LogP contribution in [-0.4, -0.2) is 30.9 Å². The maximum atomic E-state index is 12.0. The number of carbonyl (C=O) groups excluding carboxylic acids is 1. The minimum atomic E-state index is 0.172. The van der Waals surface area contributed by atoms with Gasteiger partial charge in [0.05, 0.1) is 6.54 Å². The maximum Gasteiger partial charge on any atom is 0.241 e. The van der Waals surface area contributed by atoms with Crippen molar-refractivity contribution in [3.8, 4) is 0 Å². The van der Waals surface area contributed by atoms with Crippen molar-refractivity contribution in [2.45, 2.75) is 25.7 Å². The lowest BCUT2D eigenvalue weighted by Gasteiger charge is -2.21. The fraction of sp³-hybridized carbons (Fsp3) is 0.533. The Morgan fingerprint density at radius 3 is 2.61 bits per heavy atom. The van der Waals surface area contributed by atoms with E-state index in [1.807, 2.05) is 42.3 Å². The molecule has 1 aliphatic carbocycles. The molecular formula is C15H22N2O. The number of nitrogens with zero attached hydrogens (tertiary/aromatic N) is 1. The van der Waals surface area contributed by atoms with Gasteiger partial charge in [0, 0.05) is 19.3 Å². The number of carbonyl (C=O) groups is 1. The van der Waals surface area contributed by atoms with Crippen LogP contribution in [0.2, 0.25) is 0 Å². The Hall–Kier alpha value is -1.51. The summed E-state index contributed by atoms with van der Waals surface area (Å²) in [6, 6.07) is 9.86. The van der Waals surface area contributed by atoms with Crippen molar-refractivity contribution in [2.24, 2.45) is 5.92 Å². The van der Waals surface area contributed by atoms with E-state index in [1.165, 1.54) is 25.7 Å². The number of hydrogen-bond donors (Lipinski definition) is 1. The number of hydrogen-bond acceptors (Lipinski definition) is 2. The second-order valence-corrected chi connectivity index (χ2v) is 5.14. The molecule has 3 nitrogen and oxygen atoms in total. The van der Waals surface area contributed by atoms with Gasteiger partial charge in [0.2, 0.25) is 5.91 Å². The average molecular weight is 246 g/mol. The molecule has 98 valence electrons. The van der Waals surface area contributed by atoms with Gasteiger partial charge in [-0.1, -0.05) is 31.0 Å². The number of anilines is 1. The van der Waals surface area contributed by atoms with Crippen molar-refractivity contribution >= 4 is 11.6 Å². The average Bonchev–Trinajstić information content (AvgIpc) is 2.90. The molecule has 0 aliphatic heterocycles. The van der Waals surface area contributed by atoms with Gasteiger partial charge in [-0.3, -0.25) is 4.79 Å². The van der Waals surface area contributed by atoms with E-state index in [1.54, 1.807) is 0 Å². The summed E-state index contributed by atoms with van der Waals surface area (Å²) in [6.07, 6.45) is 5.22. The molecular weight excluding hydrogens is 224 g/mol. The second-order valence-electron chi connectivity index (χ2n) is 5.14. The van der Waals surface area contributed by atoms with Gasteiger partial charge >= 0.3 is 0 Å². The van der Waals surface area contributed by atoms with Crippen LogP contribution in [-0.2, 0) is 4.79 Å². The van der Waals surface area contributed by atoms with E-state index in [0.29, 0.717) is 6.54 Å². The highest BCUT2D eigenvalue weighted by atomic mass is 16.2. The molecule has 2 rings (SSSR count). The molecule has 1 aliphatic rings.